The van der Waals surface area contributed by atoms with E-state index in [1.807, 2.05) is 36.4 Å². The van der Waals surface area contributed by atoms with Crippen molar-refractivity contribution in [3.05, 3.63) is 176 Å². The van der Waals surface area contributed by atoms with Gasteiger partial charge in [0.05, 0.1) is 0 Å². The van der Waals surface area contributed by atoms with Gasteiger partial charge in [0.15, 0.2) is 17.5 Å². The number of halogens is 1. The summed E-state index contributed by atoms with van der Waals surface area (Å²) in [4.78, 5) is 14.6. The summed E-state index contributed by atoms with van der Waals surface area (Å²) < 4.78 is 20.4. The zero-order valence-corrected chi connectivity index (χ0v) is 27.8. The Kier molecular flexibility index (Phi) is 6.96. The van der Waals surface area contributed by atoms with Crippen molar-refractivity contribution >= 4 is 43.5 Å². The van der Waals surface area contributed by atoms with E-state index in [1.165, 1.54) is 28.6 Å². The maximum Gasteiger partial charge on any atom is 0.164 e. The van der Waals surface area contributed by atoms with Crippen molar-refractivity contribution in [1.29, 1.82) is 0 Å². The molecule has 5 heteroatoms. The Morgan fingerprint density at radius 3 is 1.69 bits per heavy atom. The van der Waals surface area contributed by atoms with Crippen LogP contribution in [0.2, 0.25) is 0 Å². The highest BCUT2D eigenvalue weighted by Crippen LogP contribution is 2.41. The summed E-state index contributed by atoms with van der Waals surface area (Å²) in [5.74, 6) is 1.26. The summed E-state index contributed by atoms with van der Waals surface area (Å²) in [6, 6.07) is 56.5. The van der Waals surface area contributed by atoms with Crippen LogP contribution in [0, 0.1) is 5.82 Å². The topological polar surface area (TPSA) is 51.8 Å². The first-order valence-electron chi connectivity index (χ1n) is 17.2. The second kappa shape index (κ2) is 12.1. The van der Waals surface area contributed by atoms with E-state index in [4.69, 9.17) is 19.4 Å². The molecule has 0 saturated carbocycles. The quantitative estimate of drug-likeness (QED) is 0.183. The van der Waals surface area contributed by atoms with Gasteiger partial charge in [-0.3, -0.25) is 0 Å². The minimum Gasteiger partial charge on any atom is -0.455 e. The highest BCUT2D eigenvalue weighted by atomic mass is 19.1. The average molecular weight is 670 g/mol. The lowest BCUT2D eigenvalue weighted by molar-refractivity contribution is 0.628. The van der Waals surface area contributed by atoms with E-state index in [9.17, 15) is 4.39 Å². The maximum atomic E-state index is 13.8. The summed E-state index contributed by atoms with van der Waals surface area (Å²) >= 11 is 0. The second-order valence-corrected chi connectivity index (χ2v) is 13.0. The van der Waals surface area contributed by atoms with Gasteiger partial charge < -0.3 is 4.42 Å². The third-order valence-electron chi connectivity index (χ3n) is 9.79. The van der Waals surface area contributed by atoms with Crippen LogP contribution in [-0.2, 0) is 0 Å². The molecule has 0 unspecified atom stereocenters. The van der Waals surface area contributed by atoms with Gasteiger partial charge in [-0.05, 0) is 86.9 Å². The molecule has 10 aromatic rings. The fraction of sp³-hybridized carbons (Fsp3) is 0. The lowest BCUT2D eigenvalue weighted by Gasteiger charge is -2.10. The molecule has 0 N–H and O–H groups in total. The number of aromatic nitrogens is 3. The Labute approximate surface area is 298 Å². The molecule has 0 radical (unpaired) electrons. The van der Waals surface area contributed by atoms with Crippen LogP contribution in [0.1, 0.15) is 0 Å². The van der Waals surface area contributed by atoms with Crippen molar-refractivity contribution in [2.24, 2.45) is 0 Å². The molecule has 8 aromatic carbocycles. The molecule has 0 amide bonds. The Morgan fingerprint density at radius 1 is 0.365 bits per heavy atom. The third kappa shape index (κ3) is 5.19. The summed E-state index contributed by atoms with van der Waals surface area (Å²) in [5.41, 5.74) is 8.64. The summed E-state index contributed by atoms with van der Waals surface area (Å²) in [7, 11) is 0. The summed E-state index contributed by atoms with van der Waals surface area (Å²) in [5, 5.41) is 6.69. The van der Waals surface area contributed by atoms with E-state index in [2.05, 4.69) is 109 Å². The first-order valence-corrected chi connectivity index (χ1v) is 17.2. The van der Waals surface area contributed by atoms with Crippen molar-refractivity contribution in [2.75, 3.05) is 0 Å². The van der Waals surface area contributed by atoms with Crippen LogP contribution >= 0.6 is 0 Å². The van der Waals surface area contributed by atoms with Crippen molar-refractivity contribution in [3.8, 4) is 56.4 Å². The van der Waals surface area contributed by atoms with E-state index < -0.39 is 0 Å². The molecule has 0 saturated heterocycles. The minimum absolute atomic E-state index is 0.311. The van der Waals surface area contributed by atoms with Gasteiger partial charge in [0.1, 0.15) is 17.0 Å². The van der Waals surface area contributed by atoms with Crippen LogP contribution in [-0.4, -0.2) is 15.0 Å². The van der Waals surface area contributed by atoms with Gasteiger partial charge >= 0.3 is 0 Å². The SMILES string of the molecule is Fc1ccc(-c2nc(-c3ccc(-c4ccc5c(c4)oc4c6ccccc6c(-c6ccccc6)cc54)cc3)nc(-c3ccc4ccccc4c3)n2)cc1. The lowest BCUT2D eigenvalue weighted by Crippen LogP contribution is -2.00. The highest BCUT2D eigenvalue weighted by Gasteiger charge is 2.17. The predicted molar refractivity (Wildman–Crippen MR) is 209 cm³/mol. The molecular formula is C47H28FN3O. The maximum absolute atomic E-state index is 13.8. The molecule has 0 fully saturated rings. The first kappa shape index (κ1) is 29.9. The van der Waals surface area contributed by atoms with Crippen LogP contribution in [0.4, 0.5) is 4.39 Å². The molecular weight excluding hydrogens is 642 g/mol. The Hall–Kier alpha value is -6.98. The van der Waals surface area contributed by atoms with Crippen LogP contribution in [0.15, 0.2) is 174 Å². The van der Waals surface area contributed by atoms with E-state index in [-0.39, 0.29) is 5.82 Å². The number of furan rings is 1. The van der Waals surface area contributed by atoms with Crippen LogP contribution < -0.4 is 0 Å². The molecule has 0 aliphatic rings. The Bertz CT molecular complexity index is 2950. The van der Waals surface area contributed by atoms with Gasteiger partial charge in [-0.25, -0.2) is 19.3 Å². The zero-order chi connectivity index (χ0) is 34.6. The van der Waals surface area contributed by atoms with Crippen molar-refractivity contribution in [1.82, 2.24) is 15.0 Å². The Morgan fingerprint density at radius 2 is 0.942 bits per heavy atom. The smallest absolute Gasteiger partial charge is 0.164 e. The molecule has 0 aliphatic heterocycles. The predicted octanol–water partition coefficient (Wildman–Crippen LogP) is 12.6. The second-order valence-electron chi connectivity index (χ2n) is 13.0. The first-order chi connectivity index (χ1) is 25.6. The normalized spacial score (nSPS) is 11.6. The van der Waals surface area contributed by atoms with Gasteiger partial charge in [0.2, 0.25) is 0 Å². The number of hydrogen-bond donors (Lipinski definition) is 0. The molecule has 0 bridgehead atoms. The Balaban J connectivity index is 1.05. The monoisotopic (exact) mass is 669 g/mol. The van der Waals surface area contributed by atoms with E-state index in [1.54, 1.807) is 12.1 Å². The van der Waals surface area contributed by atoms with Crippen molar-refractivity contribution in [3.63, 3.8) is 0 Å². The summed E-state index contributed by atoms with van der Waals surface area (Å²) in [6.45, 7) is 0. The molecule has 0 spiro atoms. The molecule has 244 valence electrons. The molecule has 10 rings (SSSR count). The zero-order valence-electron chi connectivity index (χ0n) is 27.8. The fourth-order valence-electron chi connectivity index (χ4n) is 7.14. The number of hydrogen-bond acceptors (Lipinski definition) is 4. The molecule has 0 atom stereocenters. The highest BCUT2D eigenvalue weighted by molar-refractivity contribution is 6.19. The van der Waals surface area contributed by atoms with Gasteiger partial charge in [0, 0.05) is 32.8 Å². The van der Waals surface area contributed by atoms with Gasteiger partial charge in [-0.1, -0.05) is 121 Å². The van der Waals surface area contributed by atoms with Crippen molar-refractivity contribution < 1.29 is 8.81 Å². The van der Waals surface area contributed by atoms with Gasteiger partial charge in [-0.15, -0.1) is 0 Å². The number of fused-ring (bicyclic) bond motifs is 6. The lowest BCUT2D eigenvalue weighted by atomic mass is 9.95. The van der Waals surface area contributed by atoms with E-state index in [0.717, 1.165) is 60.4 Å². The van der Waals surface area contributed by atoms with E-state index >= 15 is 0 Å². The molecule has 2 aromatic heterocycles. The largest absolute Gasteiger partial charge is 0.455 e. The molecule has 52 heavy (non-hydrogen) atoms. The third-order valence-corrected chi connectivity index (χ3v) is 9.79. The fourth-order valence-corrected chi connectivity index (χ4v) is 7.14. The summed E-state index contributed by atoms with van der Waals surface area (Å²) in [6.07, 6.45) is 0. The van der Waals surface area contributed by atoms with Crippen LogP contribution in [0.5, 0.6) is 0 Å². The number of benzene rings is 8. The van der Waals surface area contributed by atoms with Crippen molar-refractivity contribution in [2.45, 2.75) is 0 Å². The number of nitrogens with zero attached hydrogens (tertiary/aromatic N) is 3. The minimum atomic E-state index is -0.311. The van der Waals surface area contributed by atoms with Gasteiger partial charge in [-0.2, -0.15) is 0 Å². The molecule has 4 nitrogen and oxygen atoms in total. The van der Waals surface area contributed by atoms with Crippen LogP contribution in [0.25, 0.3) is 99.9 Å². The van der Waals surface area contributed by atoms with Gasteiger partial charge in [0.25, 0.3) is 0 Å². The molecule has 2 heterocycles. The average Bonchev–Trinajstić information content (AvgIpc) is 3.59. The standard InChI is InChI=1S/C47H28FN3O/c48-37-23-20-33(21-24-37)46-49-45(50-47(51-46)36-19-16-29-8-4-5-11-34(29)26-36)32-17-14-30(15-18-32)35-22-25-39-42-28-41(31-9-2-1-3-10-31)38-12-6-7-13-40(38)44(42)52-43(39)27-35/h1-28H. The molecule has 0 aliphatic carbocycles. The number of rotatable bonds is 5. The van der Waals surface area contributed by atoms with Crippen LogP contribution in [0.3, 0.4) is 0 Å². The van der Waals surface area contributed by atoms with E-state index in [0.29, 0.717) is 23.0 Å².